The van der Waals surface area contributed by atoms with Gasteiger partial charge >= 0.3 is 0 Å². The zero-order valence-corrected chi connectivity index (χ0v) is 15.9. The fourth-order valence-electron chi connectivity index (χ4n) is 3.94. The number of carbonyl (C=O) groups is 1. The third-order valence-electron chi connectivity index (χ3n) is 5.56. The molecular formula is C21H28N4O2. The molecule has 1 amide bonds. The first kappa shape index (κ1) is 18.0. The van der Waals surface area contributed by atoms with Crippen LogP contribution in [-0.4, -0.2) is 40.3 Å². The molecule has 2 fully saturated rings. The summed E-state index contributed by atoms with van der Waals surface area (Å²) < 4.78 is 7.22. The van der Waals surface area contributed by atoms with Gasteiger partial charge in [-0.15, -0.1) is 0 Å². The Morgan fingerprint density at radius 1 is 1.19 bits per heavy atom. The number of hydrogen-bond acceptors (Lipinski definition) is 4. The molecular weight excluding hydrogens is 340 g/mol. The molecule has 1 N–H and O–H groups in total. The molecule has 0 spiro atoms. The Labute approximate surface area is 160 Å². The van der Waals surface area contributed by atoms with Crippen LogP contribution in [0.15, 0.2) is 36.5 Å². The highest BCUT2D eigenvalue weighted by molar-refractivity contribution is 5.91. The van der Waals surface area contributed by atoms with E-state index in [4.69, 9.17) is 4.74 Å². The number of carbonyl (C=O) groups excluding carboxylic acids is 1. The van der Waals surface area contributed by atoms with E-state index in [0.717, 1.165) is 31.0 Å². The van der Waals surface area contributed by atoms with E-state index in [9.17, 15) is 4.79 Å². The molecule has 6 heteroatoms. The first-order chi connectivity index (χ1) is 13.2. The molecule has 0 aliphatic heterocycles. The number of ether oxygens (including phenoxy) is 1. The molecule has 0 saturated heterocycles. The van der Waals surface area contributed by atoms with Crippen LogP contribution in [0.1, 0.15) is 50.1 Å². The van der Waals surface area contributed by atoms with Crippen molar-refractivity contribution in [2.75, 3.05) is 19.0 Å². The minimum absolute atomic E-state index is 0.0372. The molecule has 2 aliphatic rings. The molecule has 1 heterocycles. The topological polar surface area (TPSA) is 59.4 Å². The van der Waals surface area contributed by atoms with Crippen LogP contribution in [0.2, 0.25) is 0 Å². The SMILES string of the molecule is COc1ccc(CN(CC(=O)Nc2ccnn2C2CCCC2)C2CC2)cc1. The van der Waals surface area contributed by atoms with Crippen LogP contribution >= 0.6 is 0 Å². The highest BCUT2D eigenvalue weighted by Gasteiger charge is 2.30. The van der Waals surface area contributed by atoms with Gasteiger partial charge in [-0.2, -0.15) is 5.10 Å². The first-order valence-electron chi connectivity index (χ1n) is 9.93. The van der Waals surface area contributed by atoms with Gasteiger partial charge in [-0.1, -0.05) is 25.0 Å². The summed E-state index contributed by atoms with van der Waals surface area (Å²) in [4.78, 5) is 15.0. The van der Waals surface area contributed by atoms with Crippen LogP contribution in [0.25, 0.3) is 0 Å². The standard InChI is InChI=1S/C21H28N4O2/c1-27-19-10-6-16(7-11-19)14-24(17-8-9-17)15-21(26)23-20-12-13-22-25(20)18-4-2-3-5-18/h6-7,10-13,17-18H,2-5,8-9,14-15H2,1H3,(H,23,26). The van der Waals surface area contributed by atoms with E-state index in [-0.39, 0.29) is 5.91 Å². The van der Waals surface area contributed by atoms with Crippen molar-refractivity contribution >= 4 is 11.7 Å². The number of benzene rings is 1. The second kappa shape index (κ2) is 8.13. The van der Waals surface area contributed by atoms with Crippen LogP contribution in [-0.2, 0) is 11.3 Å². The number of nitrogens with one attached hydrogen (secondary N) is 1. The Kier molecular flexibility index (Phi) is 5.43. The highest BCUT2D eigenvalue weighted by atomic mass is 16.5. The first-order valence-corrected chi connectivity index (χ1v) is 9.93. The molecule has 144 valence electrons. The van der Waals surface area contributed by atoms with Gasteiger partial charge in [0.05, 0.1) is 25.9 Å². The number of nitrogens with zero attached hydrogens (tertiary/aromatic N) is 3. The summed E-state index contributed by atoms with van der Waals surface area (Å²) in [5.41, 5.74) is 1.20. The van der Waals surface area contributed by atoms with Gasteiger partial charge in [-0.05, 0) is 43.4 Å². The molecule has 1 aromatic carbocycles. The lowest BCUT2D eigenvalue weighted by molar-refractivity contribution is -0.117. The number of rotatable bonds is 8. The van der Waals surface area contributed by atoms with Crippen molar-refractivity contribution in [1.29, 1.82) is 0 Å². The zero-order valence-electron chi connectivity index (χ0n) is 15.9. The second-order valence-electron chi connectivity index (χ2n) is 7.63. The number of methoxy groups -OCH3 is 1. The molecule has 4 rings (SSSR count). The van der Waals surface area contributed by atoms with E-state index in [1.54, 1.807) is 13.3 Å². The summed E-state index contributed by atoms with van der Waals surface area (Å²) in [5.74, 6) is 1.72. The molecule has 0 atom stereocenters. The van der Waals surface area contributed by atoms with Crippen LogP contribution in [0.3, 0.4) is 0 Å². The van der Waals surface area contributed by atoms with E-state index in [0.29, 0.717) is 18.6 Å². The van der Waals surface area contributed by atoms with Crippen LogP contribution < -0.4 is 10.1 Å². The van der Waals surface area contributed by atoms with Gasteiger partial charge in [0, 0.05) is 18.7 Å². The highest BCUT2D eigenvalue weighted by Crippen LogP contribution is 2.31. The number of anilines is 1. The van der Waals surface area contributed by atoms with Crippen molar-refractivity contribution in [2.24, 2.45) is 0 Å². The average Bonchev–Trinajstić information content (AvgIpc) is 3.19. The fraction of sp³-hybridized carbons (Fsp3) is 0.524. The van der Waals surface area contributed by atoms with Gasteiger partial charge in [0.15, 0.2) is 0 Å². The summed E-state index contributed by atoms with van der Waals surface area (Å²) in [6.07, 6.45) is 8.91. The Bertz CT molecular complexity index is 761. The summed E-state index contributed by atoms with van der Waals surface area (Å²) in [6.45, 7) is 1.19. The van der Waals surface area contributed by atoms with Crippen molar-refractivity contribution < 1.29 is 9.53 Å². The van der Waals surface area contributed by atoms with Crippen LogP contribution in [0.4, 0.5) is 5.82 Å². The van der Waals surface area contributed by atoms with Crippen LogP contribution in [0, 0.1) is 0 Å². The lowest BCUT2D eigenvalue weighted by atomic mass is 10.2. The summed E-state index contributed by atoms with van der Waals surface area (Å²) in [6, 6.07) is 10.9. The number of hydrogen-bond donors (Lipinski definition) is 1. The monoisotopic (exact) mass is 368 g/mol. The van der Waals surface area contributed by atoms with E-state index in [2.05, 4.69) is 27.4 Å². The molecule has 0 unspecified atom stereocenters. The Morgan fingerprint density at radius 3 is 2.59 bits per heavy atom. The van der Waals surface area contributed by atoms with E-state index >= 15 is 0 Å². The normalized spacial score (nSPS) is 17.4. The lowest BCUT2D eigenvalue weighted by Gasteiger charge is -2.22. The van der Waals surface area contributed by atoms with Gasteiger partial charge in [-0.3, -0.25) is 9.69 Å². The Balaban J connectivity index is 1.37. The van der Waals surface area contributed by atoms with Gasteiger partial charge < -0.3 is 10.1 Å². The Morgan fingerprint density at radius 2 is 1.93 bits per heavy atom. The largest absolute Gasteiger partial charge is 0.497 e. The molecule has 0 radical (unpaired) electrons. The summed E-state index contributed by atoms with van der Waals surface area (Å²) in [5, 5.41) is 7.52. The maximum atomic E-state index is 12.7. The third-order valence-corrected chi connectivity index (χ3v) is 5.56. The van der Waals surface area contributed by atoms with E-state index < -0.39 is 0 Å². The molecule has 2 saturated carbocycles. The number of aromatic nitrogens is 2. The smallest absolute Gasteiger partial charge is 0.239 e. The van der Waals surface area contributed by atoms with Crippen molar-refractivity contribution in [2.45, 2.75) is 57.2 Å². The summed E-state index contributed by atoms with van der Waals surface area (Å²) >= 11 is 0. The van der Waals surface area contributed by atoms with Crippen molar-refractivity contribution in [3.63, 3.8) is 0 Å². The molecule has 0 bridgehead atoms. The van der Waals surface area contributed by atoms with E-state index in [1.165, 1.54) is 31.2 Å². The third kappa shape index (κ3) is 4.50. The van der Waals surface area contributed by atoms with Crippen molar-refractivity contribution in [3.05, 3.63) is 42.1 Å². The average molecular weight is 368 g/mol. The minimum atomic E-state index is 0.0372. The fourth-order valence-corrected chi connectivity index (χ4v) is 3.94. The molecule has 27 heavy (non-hydrogen) atoms. The van der Waals surface area contributed by atoms with Crippen molar-refractivity contribution in [3.8, 4) is 5.75 Å². The van der Waals surface area contributed by atoms with Gasteiger partial charge in [0.2, 0.25) is 5.91 Å². The maximum absolute atomic E-state index is 12.7. The van der Waals surface area contributed by atoms with Gasteiger partial charge in [-0.25, -0.2) is 4.68 Å². The second-order valence-corrected chi connectivity index (χ2v) is 7.63. The quantitative estimate of drug-likeness (QED) is 0.773. The predicted octanol–water partition coefficient (Wildman–Crippen LogP) is 3.61. The number of amides is 1. The Hall–Kier alpha value is -2.34. The molecule has 1 aromatic heterocycles. The van der Waals surface area contributed by atoms with E-state index in [1.807, 2.05) is 22.9 Å². The minimum Gasteiger partial charge on any atom is -0.497 e. The lowest BCUT2D eigenvalue weighted by Crippen LogP contribution is -2.35. The molecule has 6 nitrogen and oxygen atoms in total. The van der Waals surface area contributed by atoms with Gasteiger partial charge in [0.25, 0.3) is 0 Å². The van der Waals surface area contributed by atoms with Crippen LogP contribution in [0.5, 0.6) is 5.75 Å². The molecule has 2 aromatic rings. The summed E-state index contributed by atoms with van der Waals surface area (Å²) in [7, 11) is 1.67. The zero-order chi connectivity index (χ0) is 18.6. The molecule has 2 aliphatic carbocycles. The maximum Gasteiger partial charge on any atom is 0.239 e. The van der Waals surface area contributed by atoms with Crippen molar-refractivity contribution in [1.82, 2.24) is 14.7 Å². The van der Waals surface area contributed by atoms with Gasteiger partial charge in [0.1, 0.15) is 11.6 Å². The predicted molar refractivity (Wildman–Crippen MR) is 105 cm³/mol.